The molecular weight excluding hydrogens is 479 g/mol. The summed E-state index contributed by atoms with van der Waals surface area (Å²) in [6, 6.07) is 10.9. The largest absolute Gasteiger partial charge is 0.507 e. The van der Waals surface area contributed by atoms with E-state index in [-0.39, 0.29) is 30.4 Å². The van der Waals surface area contributed by atoms with E-state index < -0.39 is 25.1 Å². The number of carbonyl (C=O) groups is 2. The molecular formula is C31H35BO6. The van der Waals surface area contributed by atoms with E-state index in [9.17, 15) is 24.8 Å². The zero-order valence-electron chi connectivity index (χ0n) is 22.2. The summed E-state index contributed by atoms with van der Waals surface area (Å²) < 4.78 is 6.03. The molecule has 0 amide bonds. The number of carbonyl (C=O) groups excluding carboxylic acids is 2. The third-order valence-electron chi connectivity index (χ3n) is 8.62. The Morgan fingerprint density at radius 3 is 2.37 bits per heavy atom. The standard InChI is InChI=1S/C31H35BO6/c1-4-19(13-20-11-17(2)29(34)18(3)12-20)9-10-26-27-21(16-33)14-24-28(25(27)15-32(37)38-26)31(36)23-8-6-5-7-22(23)30(24)35/h5-8,11-13,24-26,28,33-34,37H,4,9-10,14-16H2,1-3H3/b19-13+/t24-,25+,26-,28-/m1/s1. The van der Waals surface area contributed by atoms with Crippen LogP contribution < -0.4 is 0 Å². The Hall–Kier alpha value is -3.00. The summed E-state index contributed by atoms with van der Waals surface area (Å²) in [5, 5.41) is 31.2. The highest BCUT2D eigenvalue weighted by Crippen LogP contribution is 2.50. The number of benzene rings is 2. The topological polar surface area (TPSA) is 104 Å². The maximum absolute atomic E-state index is 13.7. The van der Waals surface area contributed by atoms with Gasteiger partial charge in [-0.3, -0.25) is 9.59 Å². The monoisotopic (exact) mass is 514 g/mol. The lowest BCUT2D eigenvalue weighted by atomic mass is 9.54. The number of phenols is 1. The van der Waals surface area contributed by atoms with Crippen molar-refractivity contribution in [2.24, 2.45) is 17.8 Å². The smallest absolute Gasteiger partial charge is 0.455 e. The van der Waals surface area contributed by atoms with E-state index in [0.717, 1.165) is 34.3 Å². The first kappa shape index (κ1) is 26.6. The molecule has 4 atom stereocenters. The molecule has 2 aromatic carbocycles. The molecule has 2 aliphatic carbocycles. The molecule has 1 aliphatic heterocycles. The molecule has 1 saturated heterocycles. The second kappa shape index (κ2) is 10.6. The van der Waals surface area contributed by atoms with Crippen molar-refractivity contribution in [3.8, 4) is 5.75 Å². The Bertz CT molecular complexity index is 1320. The number of ketones is 2. The number of hydrogen-bond acceptors (Lipinski definition) is 6. The summed E-state index contributed by atoms with van der Waals surface area (Å²) in [5.74, 6) is -1.20. The molecule has 0 radical (unpaired) electrons. The Morgan fingerprint density at radius 1 is 1.08 bits per heavy atom. The number of Topliss-reactive ketones (excluding diaryl/α,β-unsaturated/α-hetero) is 2. The molecule has 0 aromatic heterocycles. The van der Waals surface area contributed by atoms with Gasteiger partial charge in [0, 0.05) is 23.0 Å². The number of aliphatic hydroxyl groups is 1. The molecule has 198 valence electrons. The fourth-order valence-electron chi connectivity index (χ4n) is 6.79. The first-order valence-electron chi connectivity index (χ1n) is 13.6. The van der Waals surface area contributed by atoms with E-state index in [0.29, 0.717) is 36.1 Å². The van der Waals surface area contributed by atoms with Crippen molar-refractivity contribution in [1.82, 2.24) is 0 Å². The SMILES string of the molecule is CC/C(=C\c1cc(C)c(O)c(C)c1)CC[C@H]1OB(O)C[C@H]2C1=C(CO)C[C@H]1C(=O)c3ccccc3C(=O)[C@H]12. The fraction of sp³-hybridized carbons (Fsp3) is 0.419. The van der Waals surface area contributed by atoms with Crippen LogP contribution in [0.4, 0.5) is 0 Å². The Kier molecular flexibility index (Phi) is 7.45. The summed E-state index contributed by atoms with van der Waals surface area (Å²) in [7, 11) is -1.04. The van der Waals surface area contributed by atoms with Gasteiger partial charge < -0.3 is 19.9 Å². The zero-order chi connectivity index (χ0) is 27.1. The van der Waals surface area contributed by atoms with Crippen LogP contribution in [-0.2, 0) is 4.65 Å². The highest BCUT2D eigenvalue weighted by molar-refractivity contribution is 6.43. The molecule has 7 heteroatoms. The Labute approximate surface area is 224 Å². The second-order valence-electron chi connectivity index (χ2n) is 10.9. The quantitative estimate of drug-likeness (QED) is 0.367. The van der Waals surface area contributed by atoms with Crippen LogP contribution in [0.25, 0.3) is 6.08 Å². The normalized spacial score (nSPS) is 25.3. The number of aryl methyl sites for hydroxylation is 2. The third-order valence-corrected chi connectivity index (χ3v) is 8.62. The number of rotatable bonds is 6. The molecule has 38 heavy (non-hydrogen) atoms. The van der Waals surface area contributed by atoms with Gasteiger partial charge >= 0.3 is 7.12 Å². The van der Waals surface area contributed by atoms with Gasteiger partial charge in [-0.1, -0.05) is 42.8 Å². The summed E-state index contributed by atoms with van der Waals surface area (Å²) in [4.78, 5) is 27.1. The highest BCUT2D eigenvalue weighted by atomic mass is 16.5. The van der Waals surface area contributed by atoms with Crippen LogP contribution in [-0.4, -0.2) is 46.6 Å². The summed E-state index contributed by atoms with van der Waals surface area (Å²) in [6.07, 6.45) is 4.41. The Balaban J connectivity index is 1.44. The molecule has 2 aromatic rings. The number of aliphatic hydroxyl groups excluding tert-OH is 1. The van der Waals surface area contributed by atoms with Crippen LogP contribution in [0.15, 0.2) is 53.1 Å². The van der Waals surface area contributed by atoms with E-state index in [1.165, 1.54) is 5.57 Å². The highest BCUT2D eigenvalue weighted by Gasteiger charge is 2.53. The van der Waals surface area contributed by atoms with Gasteiger partial charge in [-0.15, -0.1) is 0 Å². The van der Waals surface area contributed by atoms with E-state index in [1.807, 2.05) is 26.0 Å². The summed E-state index contributed by atoms with van der Waals surface area (Å²) >= 11 is 0. The lowest BCUT2D eigenvalue weighted by Crippen LogP contribution is -2.51. The number of hydrogen-bond donors (Lipinski definition) is 3. The average molecular weight is 514 g/mol. The Morgan fingerprint density at radius 2 is 1.74 bits per heavy atom. The molecule has 0 spiro atoms. The van der Waals surface area contributed by atoms with Crippen LogP contribution in [0.2, 0.25) is 6.32 Å². The van der Waals surface area contributed by atoms with Crippen molar-refractivity contribution in [2.75, 3.05) is 6.61 Å². The van der Waals surface area contributed by atoms with Gasteiger partial charge in [-0.2, -0.15) is 0 Å². The lowest BCUT2D eigenvalue weighted by molar-refractivity contribution is 0.0590. The summed E-state index contributed by atoms with van der Waals surface area (Å²) in [5.41, 5.74) is 6.46. The van der Waals surface area contributed by atoms with Crippen molar-refractivity contribution >= 4 is 24.8 Å². The van der Waals surface area contributed by atoms with E-state index >= 15 is 0 Å². The molecule has 0 unspecified atom stereocenters. The van der Waals surface area contributed by atoms with Crippen LogP contribution in [0.5, 0.6) is 5.75 Å². The van der Waals surface area contributed by atoms with E-state index in [1.54, 1.807) is 24.3 Å². The summed E-state index contributed by atoms with van der Waals surface area (Å²) in [6.45, 7) is 5.67. The lowest BCUT2D eigenvalue weighted by Gasteiger charge is -2.47. The van der Waals surface area contributed by atoms with Gasteiger partial charge in [0.1, 0.15) is 5.75 Å². The van der Waals surface area contributed by atoms with Gasteiger partial charge in [-0.05, 0) is 91.7 Å². The van der Waals surface area contributed by atoms with Crippen molar-refractivity contribution in [2.45, 2.75) is 58.9 Å². The predicted octanol–water partition coefficient (Wildman–Crippen LogP) is 5.08. The number of allylic oxidation sites excluding steroid dienone is 1. The minimum atomic E-state index is -1.04. The van der Waals surface area contributed by atoms with E-state index in [4.69, 9.17) is 4.65 Å². The molecule has 3 N–H and O–H groups in total. The van der Waals surface area contributed by atoms with Crippen molar-refractivity contribution in [3.05, 3.63) is 80.9 Å². The van der Waals surface area contributed by atoms with Crippen molar-refractivity contribution < 1.29 is 29.5 Å². The molecule has 6 nitrogen and oxygen atoms in total. The molecule has 1 fully saturated rings. The molecule has 0 bridgehead atoms. The van der Waals surface area contributed by atoms with Crippen molar-refractivity contribution in [1.29, 1.82) is 0 Å². The second-order valence-corrected chi connectivity index (χ2v) is 10.9. The molecule has 0 saturated carbocycles. The number of fused-ring (bicyclic) bond motifs is 4. The average Bonchev–Trinajstić information content (AvgIpc) is 2.91. The first-order chi connectivity index (χ1) is 18.2. The third kappa shape index (κ3) is 4.68. The minimum absolute atomic E-state index is 0.0512. The molecule has 3 aliphatic rings. The maximum atomic E-state index is 13.7. The number of phenolic OH excluding ortho intramolecular Hbond substituents is 1. The van der Waals surface area contributed by atoms with Gasteiger partial charge in [0.2, 0.25) is 0 Å². The maximum Gasteiger partial charge on any atom is 0.455 e. The van der Waals surface area contributed by atoms with Gasteiger partial charge in [-0.25, -0.2) is 0 Å². The van der Waals surface area contributed by atoms with Gasteiger partial charge in [0.25, 0.3) is 0 Å². The van der Waals surface area contributed by atoms with Crippen LogP contribution in [0.1, 0.15) is 70.0 Å². The number of aromatic hydroxyl groups is 1. The predicted molar refractivity (Wildman–Crippen MR) is 147 cm³/mol. The zero-order valence-corrected chi connectivity index (χ0v) is 22.2. The van der Waals surface area contributed by atoms with Crippen LogP contribution in [0, 0.1) is 31.6 Å². The van der Waals surface area contributed by atoms with Gasteiger partial charge in [0.05, 0.1) is 12.7 Å². The van der Waals surface area contributed by atoms with Crippen LogP contribution in [0.3, 0.4) is 0 Å². The van der Waals surface area contributed by atoms with E-state index in [2.05, 4.69) is 13.0 Å². The van der Waals surface area contributed by atoms with Gasteiger partial charge in [0.15, 0.2) is 11.6 Å². The molecule has 5 rings (SSSR count). The minimum Gasteiger partial charge on any atom is -0.507 e. The first-order valence-corrected chi connectivity index (χ1v) is 13.6. The van der Waals surface area contributed by atoms with Crippen LogP contribution >= 0.6 is 0 Å². The molecule has 1 heterocycles. The van der Waals surface area contributed by atoms with Crippen molar-refractivity contribution in [3.63, 3.8) is 0 Å². The fourth-order valence-corrected chi connectivity index (χ4v) is 6.79.